The second-order valence-electron chi connectivity index (χ2n) is 4.96. The van der Waals surface area contributed by atoms with E-state index >= 15 is 0 Å². The van der Waals surface area contributed by atoms with Gasteiger partial charge < -0.3 is 5.11 Å². The maximum atomic E-state index is 10.5. The first kappa shape index (κ1) is 14.1. The van der Waals surface area contributed by atoms with Gasteiger partial charge in [0.1, 0.15) is 0 Å². The number of benzene rings is 2. The average molecular weight is 295 g/mol. The molecule has 0 saturated heterocycles. The maximum absolute atomic E-state index is 10.5. The number of para-hydroxylation sites is 1. The molecule has 1 N–H and O–H groups in total. The number of pyridine rings is 1. The number of aliphatic hydroxyl groups excluding tert-OH is 1. The van der Waals surface area contributed by atoms with Gasteiger partial charge in [-0.1, -0.05) is 42.5 Å². The van der Waals surface area contributed by atoms with Crippen LogP contribution in [0.4, 0.5) is 0 Å². The standard InChI is InChI=1S/C18H17NOS/c1-21-18-9-5-3-7-15(18)17(20)12-14-11-10-13-6-2-4-8-16(13)19-14/h2-11,17,20H,12H2,1H3. The molecular formula is C18H17NOS. The van der Waals surface area contributed by atoms with Crippen molar-refractivity contribution in [3.8, 4) is 0 Å². The molecule has 3 rings (SSSR count). The maximum Gasteiger partial charge on any atom is 0.0856 e. The quantitative estimate of drug-likeness (QED) is 0.731. The summed E-state index contributed by atoms with van der Waals surface area (Å²) >= 11 is 1.66. The lowest BCUT2D eigenvalue weighted by Gasteiger charge is -2.14. The molecule has 0 fully saturated rings. The van der Waals surface area contributed by atoms with E-state index in [2.05, 4.69) is 11.1 Å². The molecule has 0 spiro atoms. The van der Waals surface area contributed by atoms with Crippen molar-refractivity contribution in [3.63, 3.8) is 0 Å². The number of aromatic nitrogens is 1. The number of rotatable bonds is 4. The zero-order valence-electron chi connectivity index (χ0n) is 11.9. The van der Waals surface area contributed by atoms with Crippen LogP contribution >= 0.6 is 11.8 Å². The van der Waals surface area contributed by atoms with Crippen LogP contribution in [0, 0.1) is 0 Å². The molecule has 1 atom stereocenters. The van der Waals surface area contributed by atoms with Crippen LogP contribution in [-0.4, -0.2) is 16.3 Å². The molecule has 0 radical (unpaired) electrons. The molecule has 21 heavy (non-hydrogen) atoms. The van der Waals surface area contributed by atoms with Crippen LogP contribution in [0.5, 0.6) is 0 Å². The van der Waals surface area contributed by atoms with Crippen molar-refractivity contribution < 1.29 is 5.11 Å². The third-order valence-electron chi connectivity index (χ3n) is 3.56. The van der Waals surface area contributed by atoms with Crippen LogP contribution in [0.25, 0.3) is 10.9 Å². The van der Waals surface area contributed by atoms with Crippen molar-refractivity contribution >= 4 is 22.7 Å². The highest BCUT2D eigenvalue weighted by atomic mass is 32.2. The molecule has 2 aromatic carbocycles. The average Bonchev–Trinajstić information content (AvgIpc) is 2.54. The normalized spacial score (nSPS) is 12.5. The number of fused-ring (bicyclic) bond motifs is 1. The number of hydrogen-bond donors (Lipinski definition) is 1. The summed E-state index contributed by atoms with van der Waals surface area (Å²) in [5.41, 5.74) is 2.86. The lowest BCUT2D eigenvalue weighted by molar-refractivity contribution is 0.174. The number of hydrogen-bond acceptors (Lipinski definition) is 3. The largest absolute Gasteiger partial charge is 0.388 e. The van der Waals surface area contributed by atoms with Crippen LogP contribution in [-0.2, 0) is 6.42 Å². The number of aliphatic hydroxyl groups is 1. The Bertz CT molecular complexity index is 757. The molecule has 106 valence electrons. The van der Waals surface area contributed by atoms with Crippen LogP contribution in [0.1, 0.15) is 17.4 Å². The first-order chi connectivity index (χ1) is 10.3. The topological polar surface area (TPSA) is 33.1 Å². The van der Waals surface area contributed by atoms with E-state index in [0.29, 0.717) is 6.42 Å². The van der Waals surface area contributed by atoms with Crippen molar-refractivity contribution in [3.05, 3.63) is 71.9 Å². The second kappa shape index (κ2) is 6.29. The minimum Gasteiger partial charge on any atom is -0.388 e. The van der Waals surface area contributed by atoms with Crippen molar-refractivity contribution in [1.82, 2.24) is 4.98 Å². The summed E-state index contributed by atoms with van der Waals surface area (Å²) in [5, 5.41) is 11.6. The molecule has 1 heterocycles. The molecule has 0 saturated carbocycles. The fourth-order valence-corrected chi connectivity index (χ4v) is 3.13. The molecule has 2 nitrogen and oxygen atoms in total. The lowest BCUT2D eigenvalue weighted by atomic mass is 10.0. The molecular weight excluding hydrogens is 278 g/mol. The van der Waals surface area contributed by atoms with Gasteiger partial charge >= 0.3 is 0 Å². The van der Waals surface area contributed by atoms with Gasteiger partial charge in [0.25, 0.3) is 0 Å². The molecule has 1 aromatic heterocycles. The highest BCUT2D eigenvalue weighted by molar-refractivity contribution is 7.98. The highest BCUT2D eigenvalue weighted by Gasteiger charge is 2.13. The predicted molar refractivity (Wildman–Crippen MR) is 88.6 cm³/mol. The van der Waals surface area contributed by atoms with E-state index < -0.39 is 6.10 Å². The minimum atomic E-state index is -0.526. The molecule has 0 bridgehead atoms. The van der Waals surface area contributed by atoms with Crippen LogP contribution in [0.3, 0.4) is 0 Å². The van der Waals surface area contributed by atoms with Gasteiger partial charge in [0.05, 0.1) is 11.6 Å². The third kappa shape index (κ3) is 3.09. The Morgan fingerprint density at radius 2 is 1.76 bits per heavy atom. The molecule has 0 aliphatic rings. The van der Waals surface area contributed by atoms with Crippen LogP contribution in [0.2, 0.25) is 0 Å². The third-order valence-corrected chi connectivity index (χ3v) is 4.37. The number of nitrogens with zero attached hydrogens (tertiary/aromatic N) is 1. The van der Waals surface area contributed by atoms with Crippen molar-refractivity contribution in [2.75, 3.05) is 6.26 Å². The first-order valence-electron chi connectivity index (χ1n) is 6.93. The zero-order chi connectivity index (χ0) is 14.7. The van der Waals surface area contributed by atoms with E-state index in [1.54, 1.807) is 11.8 Å². The summed E-state index contributed by atoms with van der Waals surface area (Å²) in [4.78, 5) is 5.75. The van der Waals surface area contributed by atoms with Gasteiger partial charge in [-0.05, 0) is 30.0 Å². The van der Waals surface area contributed by atoms with Gasteiger partial charge in [-0.3, -0.25) is 4.98 Å². The van der Waals surface area contributed by atoms with E-state index in [1.807, 2.05) is 60.9 Å². The minimum absolute atomic E-state index is 0.526. The lowest BCUT2D eigenvalue weighted by Crippen LogP contribution is -2.04. The van der Waals surface area contributed by atoms with E-state index in [0.717, 1.165) is 27.1 Å². The number of thioether (sulfide) groups is 1. The molecule has 0 amide bonds. The first-order valence-corrected chi connectivity index (χ1v) is 8.16. The van der Waals surface area contributed by atoms with Gasteiger partial charge in [-0.25, -0.2) is 0 Å². The van der Waals surface area contributed by atoms with Crippen molar-refractivity contribution in [1.29, 1.82) is 0 Å². The van der Waals surface area contributed by atoms with Gasteiger partial charge in [-0.15, -0.1) is 11.8 Å². The Hall–Kier alpha value is -1.84. The summed E-state index contributed by atoms with van der Waals surface area (Å²) < 4.78 is 0. The fraction of sp³-hybridized carbons (Fsp3) is 0.167. The Labute approximate surface area is 128 Å². The predicted octanol–water partition coefficient (Wildman–Crippen LogP) is 4.23. The van der Waals surface area contributed by atoms with E-state index in [4.69, 9.17) is 0 Å². The highest BCUT2D eigenvalue weighted by Crippen LogP contribution is 2.27. The Balaban J connectivity index is 1.87. The summed E-state index contributed by atoms with van der Waals surface area (Å²) in [6.07, 6.45) is 2.03. The van der Waals surface area contributed by atoms with E-state index in [1.165, 1.54) is 0 Å². The molecule has 1 unspecified atom stereocenters. The van der Waals surface area contributed by atoms with Crippen LogP contribution < -0.4 is 0 Å². The molecule has 0 aliphatic carbocycles. The van der Waals surface area contributed by atoms with Gasteiger partial charge in [0.15, 0.2) is 0 Å². The van der Waals surface area contributed by atoms with E-state index in [9.17, 15) is 5.11 Å². The monoisotopic (exact) mass is 295 g/mol. The van der Waals surface area contributed by atoms with Crippen LogP contribution in [0.15, 0.2) is 65.6 Å². The Morgan fingerprint density at radius 1 is 1.00 bits per heavy atom. The van der Waals surface area contributed by atoms with E-state index in [-0.39, 0.29) is 0 Å². The summed E-state index contributed by atoms with van der Waals surface area (Å²) in [7, 11) is 0. The summed E-state index contributed by atoms with van der Waals surface area (Å²) in [6.45, 7) is 0. The summed E-state index contributed by atoms with van der Waals surface area (Å²) in [5.74, 6) is 0. The Morgan fingerprint density at radius 3 is 2.62 bits per heavy atom. The SMILES string of the molecule is CSc1ccccc1C(O)Cc1ccc2ccccc2n1. The smallest absolute Gasteiger partial charge is 0.0856 e. The second-order valence-corrected chi connectivity index (χ2v) is 5.81. The molecule has 0 aliphatic heterocycles. The van der Waals surface area contributed by atoms with Gasteiger partial charge in [-0.2, -0.15) is 0 Å². The summed E-state index contributed by atoms with van der Waals surface area (Å²) in [6, 6.07) is 20.1. The zero-order valence-corrected chi connectivity index (χ0v) is 12.7. The van der Waals surface area contributed by atoms with Gasteiger partial charge in [0.2, 0.25) is 0 Å². The fourth-order valence-electron chi connectivity index (χ4n) is 2.47. The molecule has 3 aromatic rings. The van der Waals surface area contributed by atoms with Gasteiger partial charge in [0, 0.05) is 22.4 Å². The Kier molecular flexibility index (Phi) is 4.23. The van der Waals surface area contributed by atoms with Crippen molar-refractivity contribution in [2.45, 2.75) is 17.4 Å². The van der Waals surface area contributed by atoms with Crippen molar-refractivity contribution in [2.24, 2.45) is 0 Å². The molecule has 3 heteroatoms.